The lowest BCUT2D eigenvalue weighted by Gasteiger charge is -2.30. The second-order valence-corrected chi connectivity index (χ2v) is 6.81. The smallest absolute Gasteiger partial charge is 0.123 e. The van der Waals surface area contributed by atoms with Crippen LogP contribution < -0.4 is 10.6 Å². The van der Waals surface area contributed by atoms with Crippen LogP contribution in [0.25, 0.3) is 0 Å². The van der Waals surface area contributed by atoms with Crippen LogP contribution in [-0.4, -0.2) is 13.6 Å². The van der Waals surface area contributed by atoms with Gasteiger partial charge in [-0.25, -0.2) is 4.39 Å². The molecular formula is C17H25FN2. The molecule has 3 heteroatoms. The van der Waals surface area contributed by atoms with Crippen LogP contribution >= 0.6 is 0 Å². The molecule has 2 N–H and O–H groups in total. The molecule has 4 unspecified atom stereocenters. The molecule has 0 saturated heterocycles. The summed E-state index contributed by atoms with van der Waals surface area (Å²) in [5, 5.41) is 0. The summed E-state index contributed by atoms with van der Waals surface area (Å²) in [7, 11) is 2.12. The van der Waals surface area contributed by atoms with Gasteiger partial charge in [0.25, 0.3) is 0 Å². The SMILES string of the molecule is CC(N)c1cc(F)ccc1N(C)CC1CC2CCC1C2. The van der Waals surface area contributed by atoms with Crippen LogP contribution in [0.4, 0.5) is 10.1 Å². The van der Waals surface area contributed by atoms with Crippen molar-refractivity contribution in [2.24, 2.45) is 23.5 Å². The Balaban J connectivity index is 1.75. The van der Waals surface area contributed by atoms with Crippen LogP contribution in [0.1, 0.15) is 44.2 Å². The van der Waals surface area contributed by atoms with E-state index in [1.165, 1.54) is 25.7 Å². The van der Waals surface area contributed by atoms with E-state index >= 15 is 0 Å². The average molecular weight is 276 g/mol. The summed E-state index contributed by atoms with van der Waals surface area (Å²) >= 11 is 0. The van der Waals surface area contributed by atoms with Gasteiger partial charge in [0.05, 0.1) is 0 Å². The Labute approximate surface area is 121 Å². The van der Waals surface area contributed by atoms with Gasteiger partial charge in [0.1, 0.15) is 5.82 Å². The highest BCUT2D eigenvalue weighted by Gasteiger charge is 2.39. The number of benzene rings is 1. The Hall–Kier alpha value is -1.09. The molecule has 1 aromatic rings. The quantitative estimate of drug-likeness (QED) is 0.908. The largest absolute Gasteiger partial charge is 0.374 e. The molecule has 2 aliphatic rings. The Morgan fingerprint density at radius 3 is 2.75 bits per heavy atom. The van der Waals surface area contributed by atoms with Crippen LogP contribution in [0, 0.1) is 23.6 Å². The van der Waals surface area contributed by atoms with Crippen LogP contribution in [0.5, 0.6) is 0 Å². The van der Waals surface area contributed by atoms with Crippen molar-refractivity contribution in [3.8, 4) is 0 Å². The summed E-state index contributed by atoms with van der Waals surface area (Å²) < 4.78 is 13.4. The lowest BCUT2D eigenvalue weighted by atomic mass is 9.88. The van der Waals surface area contributed by atoms with E-state index in [0.717, 1.165) is 35.5 Å². The van der Waals surface area contributed by atoms with Gasteiger partial charge in [0, 0.05) is 25.3 Å². The Morgan fingerprint density at radius 2 is 2.15 bits per heavy atom. The summed E-state index contributed by atoms with van der Waals surface area (Å²) in [5.74, 6) is 2.50. The molecule has 2 saturated carbocycles. The second kappa shape index (κ2) is 5.36. The fourth-order valence-corrected chi connectivity index (χ4v) is 4.29. The minimum absolute atomic E-state index is 0.136. The number of nitrogens with two attached hydrogens (primary N) is 1. The van der Waals surface area contributed by atoms with Gasteiger partial charge in [-0.3, -0.25) is 0 Å². The molecule has 20 heavy (non-hydrogen) atoms. The van der Waals surface area contributed by atoms with Crippen LogP contribution in [-0.2, 0) is 0 Å². The van der Waals surface area contributed by atoms with Gasteiger partial charge < -0.3 is 10.6 Å². The highest BCUT2D eigenvalue weighted by molar-refractivity contribution is 5.54. The maximum Gasteiger partial charge on any atom is 0.123 e. The summed E-state index contributed by atoms with van der Waals surface area (Å²) in [5.41, 5.74) is 8.00. The van der Waals surface area contributed by atoms with Gasteiger partial charge in [0.15, 0.2) is 0 Å². The van der Waals surface area contributed by atoms with E-state index in [1.54, 1.807) is 12.1 Å². The minimum atomic E-state index is -0.200. The maximum absolute atomic E-state index is 13.4. The van der Waals surface area contributed by atoms with Crippen molar-refractivity contribution in [1.82, 2.24) is 0 Å². The van der Waals surface area contributed by atoms with Gasteiger partial charge >= 0.3 is 0 Å². The van der Waals surface area contributed by atoms with Gasteiger partial charge in [0.2, 0.25) is 0 Å². The molecule has 0 aromatic heterocycles. The third-order valence-electron chi connectivity index (χ3n) is 5.28. The molecule has 1 aromatic carbocycles. The van der Waals surface area contributed by atoms with E-state index in [9.17, 15) is 4.39 Å². The second-order valence-electron chi connectivity index (χ2n) is 6.81. The van der Waals surface area contributed by atoms with E-state index in [0.29, 0.717) is 0 Å². The molecule has 2 fully saturated rings. The van der Waals surface area contributed by atoms with Crippen molar-refractivity contribution in [3.05, 3.63) is 29.6 Å². The zero-order chi connectivity index (χ0) is 14.3. The molecule has 3 rings (SSSR count). The third-order valence-corrected chi connectivity index (χ3v) is 5.28. The Kier molecular flexibility index (Phi) is 3.72. The first-order chi connectivity index (χ1) is 9.54. The molecule has 2 bridgehead atoms. The predicted molar refractivity (Wildman–Crippen MR) is 81.2 cm³/mol. The minimum Gasteiger partial charge on any atom is -0.374 e. The van der Waals surface area contributed by atoms with Crippen molar-refractivity contribution in [2.45, 2.75) is 38.6 Å². The molecule has 2 nitrogen and oxygen atoms in total. The summed E-state index contributed by atoms with van der Waals surface area (Å²) in [6.07, 6.45) is 5.66. The molecule has 2 aliphatic carbocycles. The molecule has 0 heterocycles. The first-order valence-corrected chi connectivity index (χ1v) is 7.80. The molecular weight excluding hydrogens is 251 g/mol. The Morgan fingerprint density at radius 1 is 1.35 bits per heavy atom. The van der Waals surface area contributed by atoms with Crippen molar-refractivity contribution < 1.29 is 4.39 Å². The van der Waals surface area contributed by atoms with Crippen LogP contribution in [0.15, 0.2) is 18.2 Å². The summed E-state index contributed by atoms with van der Waals surface area (Å²) in [4.78, 5) is 2.28. The van der Waals surface area contributed by atoms with Crippen molar-refractivity contribution in [2.75, 3.05) is 18.5 Å². The standard InChI is InChI=1S/C17H25FN2/c1-11(19)16-9-15(18)5-6-17(16)20(2)10-14-8-12-3-4-13(14)7-12/h5-6,9,11-14H,3-4,7-8,10,19H2,1-2H3. The fraction of sp³-hybridized carbons (Fsp3) is 0.647. The highest BCUT2D eigenvalue weighted by Crippen LogP contribution is 2.48. The van der Waals surface area contributed by atoms with Gasteiger partial charge in [-0.05, 0) is 67.7 Å². The molecule has 0 aliphatic heterocycles. The zero-order valence-electron chi connectivity index (χ0n) is 12.5. The summed E-state index contributed by atoms with van der Waals surface area (Å²) in [6.45, 7) is 3.00. The lowest BCUT2D eigenvalue weighted by molar-refractivity contribution is 0.337. The van der Waals surface area contributed by atoms with E-state index in [2.05, 4.69) is 11.9 Å². The normalized spacial score (nSPS) is 29.7. The van der Waals surface area contributed by atoms with Crippen molar-refractivity contribution in [1.29, 1.82) is 0 Å². The van der Waals surface area contributed by atoms with E-state index < -0.39 is 0 Å². The zero-order valence-corrected chi connectivity index (χ0v) is 12.5. The predicted octanol–water partition coefficient (Wildman–Crippen LogP) is 3.72. The van der Waals surface area contributed by atoms with E-state index in [-0.39, 0.29) is 11.9 Å². The Bertz CT molecular complexity index is 486. The topological polar surface area (TPSA) is 29.3 Å². The molecule has 0 amide bonds. The first kappa shape index (κ1) is 13.9. The molecule has 0 spiro atoms. The van der Waals surface area contributed by atoms with Gasteiger partial charge in [-0.2, -0.15) is 0 Å². The number of rotatable bonds is 4. The highest BCUT2D eigenvalue weighted by atomic mass is 19.1. The number of hydrogen-bond acceptors (Lipinski definition) is 2. The van der Waals surface area contributed by atoms with Gasteiger partial charge in [-0.1, -0.05) is 6.42 Å². The van der Waals surface area contributed by atoms with Crippen LogP contribution in [0.3, 0.4) is 0 Å². The van der Waals surface area contributed by atoms with E-state index in [4.69, 9.17) is 5.73 Å². The number of fused-ring (bicyclic) bond motifs is 2. The average Bonchev–Trinajstić information content (AvgIpc) is 3.00. The summed E-state index contributed by atoms with van der Waals surface area (Å²) in [6, 6.07) is 4.86. The fourth-order valence-electron chi connectivity index (χ4n) is 4.29. The number of hydrogen-bond donors (Lipinski definition) is 1. The van der Waals surface area contributed by atoms with Crippen LogP contribution in [0.2, 0.25) is 0 Å². The van der Waals surface area contributed by atoms with E-state index in [1.807, 2.05) is 13.0 Å². The molecule has 4 atom stereocenters. The molecule has 110 valence electrons. The molecule has 0 radical (unpaired) electrons. The maximum atomic E-state index is 13.4. The first-order valence-electron chi connectivity index (χ1n) is 7.80. The lowest BCUT2D eigenvalue weighted by Crippen LogP contribution is -2.29. The number of halogens is 1. The third kappa shape index (κ3) is 2.56. The van der Waals surface area contributed by atoms with Crippen molar-refractivity contribution >= 4 is 5.69 Å². The van der Waals surface area contributed by atoms with Crippen molar-refractivity contribution in [3.63, 3.8) is 0 Å². The monoisotopic (exact) mass is 276 g/mol. The van der Waals surface area contributed by atoms with Gasteiger partial charge in [-0.15, -0.1) is 0 Å². The number of nitrogens with zero attached hydrogens (tertiary/aromatic N) is 1. The number of anilines is 1.